The maximum atomic E-state index is 11.3. The summed E-state index contributed by atoms with van der Waals surface area (Å²) in [5.74, 6) is -1.09. The molecule has 1 amide bonds. The lowest BCUT2D eigenvalue weighted by atomic mass is 10.3. The highest BCUT2D eigenvalue weighted by molar-refractivity contribution is 5.91. The summed E-state index contributed by atoms with van der Waals surface area (Å²) in [4.78, 5) is 20.8. The largest absolute Gasteiger partial charge is 0.414 e. The van der Waals surface area contributed by atoms with Crippen molar-refractivity contribution in [2.24, 2.45) is 0 Å². The summed E-state index contributed by atoms with van der Waals surface area (Å²) in [7, 11) is 0. The van der Waals surface area contributed by atoms with Crippen molar-refractivity contribution in [3.8, 4) is 0 Å². The van der Waals surface area contributed by atoms with Gasteiger partial charge in [-0.2, -0.15) is 0 Å². The van der Waals surface area contributed by atoms with Gasteiger partial charge >= 0.3 is 5.82 Å². The Morgan fingerprint density at radius 2 is 2.47 bits per heavy atom. The molecule has 1 heterocycles. The fourth-order valence-electron chi connectivity index (χ4n) is 0.925. The minimum Gasteiger partial charge on any atom is -0.358 e. The fourth-order valence-corrected chi connectivity index (χ4v) is 0.925. The van der Waals surface area contributed by atoms with E-state index in [2.05, 4.69) is 15.0 Å². The standard InChI is InChI=1S/C8H11N3O4/c1-2-3-4-9-8(12)6-5-7(10-15-6)11(13)14/h5H,2-4H2,1H3,(H,9,12). The molecule has 82 valence electrons. The fraction of sp³-hybridized carbons (Fsp3) is 0.500. The van der Waals surface area contributed by atoms with E-state index < -0.39 is 16.6 Å². The van der Waals surface area contributed by atoms with Gasteiger partial charge in [0.1, 0.15) is 0 Å². The van der Waals surface area contributed by atoms with E-state index in [9.17, 15) is 14.9 Å². The molecular formula is C8H11N3O4. The molecule has 0 aliphatic heterocycles. The maximum Gasteiger partial charge on any atom is 0.414 e. The van der Waals surface area contributed by atoms with E-state index in [0.29, 0.717) is 6.54 Å². The molecule has 1 N–H and O–H groups in total. The van der Waals surface area contributed by atoms with Gasteiger partial charge in [0.05, 0.1) is 6.07 Å². The molecule has 0 unspecified atom stereocenters. The molecule has 0 spiro atoms. The summed E-state index contributed by atoms with van der Waals surface area (Å²) in [6.07, 6.45) is 1.80. The van der Waals surface area contributed by atoms with E-state index in [1.807, 2.05) is 6.92 Å². The Morgan fingerprint density at radius 1 is 1.73 bits per heavy atom. The Balaban J connectivity index is 2.54. The molecule has 0 radical (unpaired) electrons. The molecule has 0 aliphatic carbocycles. The minimum absolute atomic E-state index is 0.141. The summed E-state index contributed by atoms with van der Waals surface area (Å²) in [6, 6.07) is 1.00. The zero-order valence-corrected chi connectivity index (χ0v) is 8.23. The number of nitrogens with zero attached hydrogens (tertiary/aromatic N) is 2. The normalized spacial score (nSPS) is 9.93. The van der Waals surface area contributed by atoms with Crippen molar-refractivity contribution in [1.82, 2.24) is 10.5 Å². The summed E-state index contributed by atoms with van der Waals surface area (Å²) in [5.41, 5.74) is 0. The highest BCUT2D eigenvalue weighted by Gasteiger charge is 2.19. The number of nitrogens with one attached hydrogen (secondary N) is 1. The Morgan fingerprint density at radius 3 is 3.00 bits per heavy atom. The molecule has 1 aromatic heterocycles. The molecule has 0 fully saturated rings. The summed E-state index contributed by atoms with van der Waals surface area (Å²) in [6.45, 7) is 2.51. The van der Waals surface area contributed by atoms with E-state index in [0.717, 1.165) is 18.9 Å². The van der Waals surface area contributed by atoms with E-state index in [4.69, 9.17) is 0 Å². The van der Waals surface area contributed by atoms with Crippen molar-refractivity contribution in [3.05, 3.63) is 21.9 Å². The predicted octanol–water partition coefficient (Wildman–Crippen LogP) is 1.11. The zero-order valence-electron chi connectivity index (χ0n) is 8.23. The Bertz CT molecular complexity index is 361. The smallest absolute Gasteiger partial charge is 0.358 e. The number of unbranched alkanes of at least 4 members (excludes halogenated alkanes) is 1. The van der Waals surface area contributed by atoms with Crippen LogP contribution >= 0.6 is 0 Å². The van der Waals surface area contributed by atoms with Crippen LogP contribution in [0.2, 0.25) is 0 Å². The van der Waals surface area contributed by atoms with Crippen LogP contribution < -0.4 is 5.32 Å². The van der Waals surface area contributed by atoms with E-state index in [-0.39, 0.29) is 5.76 Å². The van der Waals surface area contributed by atoms with Gasteiger partial charge in [0.25, 0.3) is 11.7 Å². The lowest BCUT2D eigenvalue weighted by molar-refractivity contribution is -0.390. The topological polar surface area (TPSA) is 98.3 Å². The first-order chi connectivity index (χ1) is 7.15. The number of aromatic nitrogens is 1. The van der Waals surface area contributed by atoms with Crippen LogP contribution in [0.5, 0.6) is 0 Å². The summed E-state index contributed by atoms with van der Waals surface area (Å²) < 4.78 is 4.51. The van der Waals surface area contributed by atoms with Gasteiger partial charge in [-0.25, -0.2) is 0 Å². The van der Waals surface area contributed by atoms with Gasteiger partial charge in [0.2, 0.25) is 0 Å². The van der Waals surface area contributed by atoms with E-state index in [1.54, 1.807) is 0 Å². The highest BCUT2D eigenvalue weighted by atomic mass is 16.6. The van der Waals surface area contributed by atoms with Crippen LogP contribution in [0, 0.1) is 10.1 Å². The molecule has 0 saturated carbocycles. The van der Waals surface area contributed by atoms with Crippen LogP contribution in [-0.4, -0.2) is 22.5 Å². The number of carbonyl (C=O) groups is 1. The quantitative estimate of drug-likeness (QED) is 0.448. The van der Waals surface area contributed by atoms with Crippen molar-refractivity contribution >= 4 is 11.7 Å². The molecular weight excluding hydrogens is 202 g/mol. The van der Waals surface area contributed by atoms with Crippen LogP contribution in [0.3, 0.4) is 0 Å². The van der Waals surface area contributed by atoms with Crippen molar-refractivity contribution < 1.29 is 14.2 Å². The number of rotatable bonds is 5. The van der Waals surface area contributed by atoms with Crippen LogP contribution in [0.4, 0.5) is 5.82 Å². The number of carbonyl (C=O) groups excluding carboxylic acids is 1. The lowest BCUT2D eigenvalue weighted by Gasteiger charge is -1.98. The van der Waals surface area contributed by atoms with Crippen LogP contribution in [-0.2, 0) is 0 Å². The number of hydrogen-bond donors (Lipinski definition) is 1. The van der Waals surface area contributed by atoms with Gasteiger partial charge in [-0.1, -0.05) is 13.3 Å². The summed E-state index contributed by atoms with van der Waals surface area (Å²) >= 11 is 0. The second-order valence-corrected chi connectivity index (χ2v) is 2.92. The van der Waals surface area contributed by atoms with Crippen LogP contribution in [0.15, 0.2) is 10.6 Å². The Kier molecular flexibility index (Phi) is 3.78. The van der Waals surface area contributed by atoms with Gasteiger partial charge in [-0.3, -0.25) is 9.32 Å². The van der Waals surface area contributed by atoms with Crippen molar-refractivity contribution in [2.45, 2.75) is 19.8 Å². The highest BCUT2D eigenvalue weighted by Crippen LogP contribution is 2.10. The number of nitro groups is 1. The molecule has 0 bridgehead atoms. The van der Waals surface area contributed by atoms with Gasteiger partial charge in [0.15, 0.2) is 5.16 Å². The third-order valence-electron chi connectivity index (χ3n) is 1.72. The Labute approximate surface area is 85.6 Å². The average molecular weight is 213 g/mol. The van der Waals surface area contributed by atoms with Crippen molar-refractivity contribution in [3.63, 3.8) is 0 Å². The monoisotopic (exact) mass is 213 g/mol. The molecule has 0 atom stereocenters. The predicted molar refractivity (Wildman–Crippen MR) is 50.4 cm³/mol. The molecule has 0 aromatic carbocycles. The third-order valence-corrected chi connectivity index (χ3v) is 1.72. The molecule has 0 saturated heterocycles. The van der Waals surface area contributed by atoms with Gasteiger partial charge < -0.3 is 15.4 Å². The third kappa shape index (κ3) is 3.04. The lowest BCUT2D eigenvalue weighted by Crippen LogP contribution is -2.23. The number of amides is 1. The van der Waals surface area contributed by atoms with Crippen LogP contribution in [0.25, 0.3) is 0 Å². The zero-order chi connectivity index (χ0) is 11.3. The van der Waals surface area contributed by atoms with E-state index in [1.165, 1.54) is 0 Å². The molecule has 1 aromatic rings. The van der Waals surface area contributed by atoms with Crippen molar-refractivity contribution in [2.75, 3.05) is 6.54 Å². The van der Waals surface area contributed by atoms with Gasteiger partial charge in [-0.15, -0.1) is 0 Å². The second kappa shape index (κ2) is 5.08. The SMILES string of the molecule is CCCCNC(=O)c1cc([N+](=O)[O-])no1. The minimum atomic E-state index is -0.716. The Hall–Kier alpha value is -1.92. The maximum absolute atomic E-state index is 11.3. The molecule has 15 heavy (non-hydrogen) atoms. The average Bonchev–Trinajstić information content (AvgIpc) is 2.66. The number of hydrogen-bond acceptors (Lipinski definition) is 5. The first-order valence-corrected chi connectivity index (χ1v) is 4.54. The molecule has 0 aliphatic rings. The van der Waals surface area contributed by atoms with E-state index >= 15 is 0 Å². The van der Waals surface area contributed by atoms with Crippen molar-refractivity contribution in [1.29, 1.82) is 0 Å². The molecule has 7 heteroatoms. The molecule has 1 rings (SSSR count). The first kappa shape index (κ1) is 11.2. The van der Waals surface area contributed by atoms with Gasteiger partial charge in [-0.05, 0) is 11.3 Å². The first-order valence-electron chi connectivity index (χ1n) is 4.54. The molecule has 7 nitrogen and oxygen atoms in total. The van der Waals surface area contributed by atoms with Gasteiger partial charge in [0, 0.05) is 6.54 Å². The second-order valence-electron chi connectivity index (χ2n) is 2.92. The van der Waals surface area contributed by atoms with Crippen LogP contribution in [0.1, 0.15) is 30.3 Å². The summed E-state index contributed by atoms with van der Waals surface area (Å²) in [5, 5.41) is 15.9.